The molecule has 5 rings (SSSR count). The molecule has 1 aromatic heterocycles. The van der Waals surface area contributed by atoms with E-state index in [1.54, 1.807) is 26.0 Å². The van der Waals surface area contributed by atoms with Crippen molar-refractivity contribution in [2.24, 2.45) is 5.92 Å². The molecule has 1 heterocycles. The van der Waals surface area contributed by atoms with Crippen molar-refractivity contribution in [1.82, 2.24) is 14.1 Å². The van der Waals surface area contributed by atoms with Crippen molar-refractivity contribution in [2.45, 2.75) is 56.4 Å². The highest BCUT2D eigenvalue weighted by Crippen LogP contribution is 2.47. The average Bonchev–Trinajstić information content (AvgIpc) is 3.43. The van der Waals surface area contributed by atoms with Crippen molar-refractivity contribution < 1.29 is 22.3 Å². The molecule has 0 aliphatic heterocycles. The number of sulfonamides is 1. The van der Waals surface area contributed by atoms with Crippen LogP contribution in [0.15, 0.2) is 70.8 Å². The first kappa shape index (κ1) is 25.8. The van der Waals surface area contributed by atoms with E-state index in [0.717, 1.165) is 35.9 Å². The Balaban J connectivity index is 1.46. The van der Waals surface area contributed by atoms with Crippen molar-refractivity contribution >= 4 is 10.0 Å². The molecule has 0 spiro atoms. The first-order valence-corrected chi connectivity index (χ1v) is 13.9. The van der Waals surface area contributed by atoms with E-state index < -0.39 is 21.4 Å². The molecular weight excluding hydrogens is 496 g/mol. The zero-order valence-electron chi connectivity index (χ0n) is 21.2. The number of nitrogens with zero attached hydrogens (tertiary/aromatic N) is 3. The fourth-order valence-corrected chi connectivity index (χ4v) is 7.50. The predicted molar refractivity (Wildman–Crippen MR) is 137 cm³/mol. The summed E-state index contributed by atoms with van der Waals surface area (Å²) < 4.78 is 58.2. The number of allylic oxidation sites excluding steroid dienone is 1. The molecule has 2 atom stereocenters. The lowest BCUT2D eigenvalue weighted by atomic mass is 9.80. The van der Waals surface area contributed by atoms with Crippen LogP contribution in [0.25, 0.3) is 5.69 Å². The minimum absolute atomic E-state index is 0.0283. The van der Waals surface area contributed by atoms with Gasteiger partial charge in [-0.25, -0.2) is 21.9 Å². The van der Waals surface area contributed by atoms with Gasteiger partial charge >= 0.3 is 0 Å². The van der Waals surface area contributed by atoms with Gasteiger partial charge in [-0.15, -0.1) is 0 Å². The summed E-state index contributed by atoms with van der Waals surface area (Å²) in [5.74, 6) is -1.14. The Hall–Kier alpha value is -2.88. The summed E-state index contributed by atoms with van der Waals surface area (Å²) in [5.41, 5.74) is 4.10. The van der Waals surface area contributed by atoms with Gasteiger partial charge in [-0.05, 0) is 69.0 Å². The quantitative estimate of drug-likeness (QED) is 0.440. The SMILES string of the molecule is C[C@@H]1C2=C(CC[C@@H]2CN(CC(C)(C)O)S(=O)(=O)c2ccccc2F)Cc2c1cnn2-c1ccc(F)cc1. The Morgan fingerprint density at radius 3 is 2.51 bits per heavy atom. The topological polar surface area (TPSA) is 75.4 Å². The Bertz CT molecular complexity index is 1460. The van der Waals surface area contributed by atoms with E-state index in [-0.39, 0.29) is 35.6 Å². The Morgan fingerprint density at radius 1 is 1.14 bits per heavy atom. The van der Waals surface area contributed by atoms with Crippen LogP contribution in [0.2, 0.25) is 0 Å². The third-order valence-corrected chi connectivity index (χ3v) is 9.22. The number of halogens is 2. The molecule has 0 saturated heterocycles. The Labute approximate surface area is 216 Å². The molecule has 2 aromatic carbocycles. The van der Waals surface area contributed by atoms with Crippen LogP contribution in [0.5, 0.6) is 0 Å². The molecule has 0 amide bonds. The van der Waals surface area contributed by atoms with Gasteiger partial charge in [-0.2, -0.15) is 9.40 Å². The molecule has 2 aliphatic carbocycles. The fraction of sp³-hybridized carbons (Fsp3) is 0.393. The van der Waals surface area contributed by atoms with E-state index >= 15 is 0 Å². The lowest BCUT2D eigenvalue weighted by molar-refractivity contribution is 0.0568. The minimum atomic E-state index is -4.18. The molecule has 9 heteroatoms. The van der Waals surface area contributed by atoms with Crippen molar-refractivity contribution in [3.05, 3.63) is 88.8 Å². The summed E-state index contributed by atoms with van der Waals surface area (Å²) in [6.07, 6.45) is 4.13. The summed E-state index contributed by atoms with van der Waals surface area (Å²) in [7, 11) is -4.18. The normalized spacial score (nSPS) is 19.9. The van der Waals surface area contributed by atoms with Gasteiger partial charge in [0, 0.05) is 31.0 Å². The lowest BCUT2D eigenvalue weighted by Gasteiger charge is -2.33. The van der Waals surface area contributed by atoms with Crippen molar-refractivity contribution in [1.29, 1.82) is 0 Å². The van der Waals surface area contributed by atoms with Crippen LogP contribution in [0.4, 0.5) is 8.78 Å². The molecule has 0 unspecified atom stereocenters. The van der Waals surface area contributed by atoms with Crippen LogP contribution in [-0.4, -0.2) is 46.3 Å². The molecule has 0 bridgehead atoms. The van der Waals surface area contributed by atoms with Crippen LogP contribution in [0, 0.1) is 17.6 Å². The summed E-state index contributed by atoms with van der Waals surface area (Å²) in [5, 5.41) is 15.1. The number of fused-ring (bicyclic) bond motifs is 1. The second-order valence-corrected chi connectivity index (χ2v) is 12.6. The van der Waals surface area contributed by atoms with Gasteiger partial charge in [0.25, 0.3) is 0 Å². The van der Waals surface area contributed by atoms with Gasteiger partial charge in [0.15, 0.2) is 0 Å². The molecule has 0 fully saturated rings. The molecular formula is C28H31F2N3O3S. The maximum Gasteiger partial charge on any atom is 0.246 e. The van der Waals surface area contributed by atoms with Gasteiger partial charge in [0.2, 0.25) is 10.0 Å². The highest BCUT2D eigenvalue weighted by molar-refractivity contribution is 7.89. The van der Waals surface area contributed by atoms with Crippen molar-refractivity contribution in [3.8, 4) is 5.69 Å². The number of rotatable bonds is 7. The van der Waals surface area contributed by atoms with E-state index in [1.807, 2.05) is 10.9 Å². The van der Waals surface area contributed by atoms with E-state index in [9.17, 15) is 22.3 Å². The summed E-state index contributed by atoms with van der Waals surface area (Å²) >= 11 is 0. The number of benzene rings is 2. The summed E-state index contributed by atoms with van der Waals surface area (Å²) in [6, 6.07) is 11.6. The first-order chi connectivity index (χ1) is 17.5. The lowest BCUT2D eigenvalue weighted by Crippen LogP contribution is -2.44. The molecule has 0 saturated carbocycles. The first-order valence-electron chi connectivity index (χ1n) is 12.5. The smallest absolute Gasteiger partial charge is 0.246 e. The van der Waals surface area contributed by atoms with Gasteiger partial charge < -0.3 is 5.11 Å². The number of aliphatic hydroxyl groups is 1. The standard InChI is InChI=1S/C28H31F2N3O3S/c1-18-23-15-31-33(22-12-10-21(29)11-13-22)25(23)14-19-8-9-20(27(18)19)16-32(17-28(2,3)34)37(35,36)26-7-5-4-6-24(26)30/h4-7,10-13,15,18,20,34H,8-9,14,16-17H2,1-3H3/t18-,20+/m0/s1. The van der Waals surface area contributed by atoms with Crippen molar-refractivity contribution in [2.75, 3.05) is 13.1 Å². The monoisotopic (exact) mass is 527 g/mol. The predicted octanol–water partition coefficient (Wildman–Crippen LogP) is 4.98. The largest absolute Gasteiger partial charge is 0.389 e. The maximum absolute atomic E-state index is 14.5. The minimum Gasteiger partial charge on any atom is -0.389 e. The van der Waals surface area contributed by atoms with E-state index in [0.29, 0.717) is 6.42 Å². The maximum atomic E-state index is 14.5. The second-order valence-electron chi connectivity index (χ2n) is 10.7. The molecule has 1 N–H and O–H groups in total. The van der Waals surface area contributed by atoms with E-state index in [1.165, 1.54) is 45.8 Å². The number of hydrogen-bond donors (Lipinski definition) is 1. The van der Waals surface area contributed by atoms with Crippen LogP contribution in [-0.2, 0) is 16.4 Å². The molecule has 3 aromatic rings. The zero-order valence-corrected chi connectivity index (χ0v) is 22.0. The number of hydrogen-bond acceptors (Lipinski definition) is 4. The third kappa shape index (κ3) is 4.87. The molecule has 2 aliphatic rings. The third-order valence-electron chi connectivity index (χ3n) is 7.37. The van der Waals surface area contributed by atoms with Gasteiger partial charge in [0.05, 0.1) is 23.2 Å². The Kier molecular flexibility index (Phi) is 6.58. The summed E-state index contributed by atoms with van der Waals surface area (Å²) in [4.78, 5) is -0.383. The Morgan fingerprint density at radius 2 is 1.84 bits per heavy atom. The van der Waals surface area contributed by atoms with Gasteiger partial charge in [-0.1, -0.05) is 30.2 Å². The van der Waals surface area contributed by atoms with Gasteiger partial charge in [-0.3, -0.25) is 0 Å². The van der Waals surface area contributed by atoms with Crippen LogP contribution in [0.3, 0.4) is 0 Å². The molecule has 196 valence electrons. The molecule has 6 nitrogen and oxygen atoms in total. The fourth-order valence-electron chi connectivity index (χ4n) is 5.79. The van der Waals surface area contributed by atoms with Crippen molar-refractivity contribution in [3.63, 3.8) is 0 Å². The summed E-state index contributed by atoms with van der Waals surface area (Å²) in [6.45, 7) is 5.22. The highest BCUT2D eigenvalue weighted by Gasteiger charge is 2.40. The number of aromatic nitrogens is 2. The molecule has 0 radical (unpaired) electrons. The van der Waals surface area contributed by atoms with Gasteiger partial charge in [0.1, 0.15) is 16.5 Å². The highest BCUT2D eigenvalue weighted by atomic mass is 32.2. The second kappa shape index (κ2) is 9.45. The van der Waals surface area contributed by atoms with E-state index in [2.05, 4.69) is 12.0 Å². The van der Waals surface area contributed by atoms with Crippen LogP contribution < -0.4 is 0 Å². The van der Waals surface area contributed by atoms with E-state index in [4.69, 9.17) is 0 Å². The molecule has 37 heavy (non-hydrogen) atoms. The van der Waals surface area contributed by atoms with Crippen LogP contribution >= 0.6 is 0 Å². The average molecular weight is 528 g/mol. The zero-order chi connectivity index (χ0) is 26.5. The van der Waals surface area contributed by atoms with Crippen LogP contribution in [0.1, 0.15) is 50.8 Å².